The number of aromatic nitrogens is 1. The molecule has 0 aliphatic carbocycles. The van der Waals surface area contributed by atoms with Gasteiger partial charge in [0.1, 0.15) is 17.8 Å². The second kappa shape index (κ2) is 6.69. The first-order valence-corrected chi connectivity index (χ1v) is 6.70. The molecule has 0 aliphatic rings. The summed E-state index contributed by atoms with van der Waals surface area (Å²) in [5.74, 6) is 1.41. The molecule has 6 nitrogen and oxygen atoms in total. The maximum Gasteiger partial charge on any atom is 0.287 e. The van der Waals surface area contributed by atoms with Gasteiger partial charge in [-0.3, -0.25) is 10.1 Å². The summed E-state index contributed by atoms with van der Waals surface area (Å²) < 4.78 is 5.47. The van der Waals surface area contributed by atoms with E-state index >= 15 is 0 Å². The number of pyridine rings is 1. The molecule has 1 heterocycles. The van der Waals surface area contributed by atoms with E-state index in [-0.39, 0.29) is 11.7 Å². The van der Waals surface area contributed by atoms with E-state index < -0.39 is 4.92 Å². The fraction of sp³-hybridized carbons (Fsp3) is 0.267. The van der Waals surface area contributed by atoms with Crippen molar-refractivity contribution in [1.29, 1.82) is 0 Å². The number of nitrogens with one attached hydrogen (secondary N) is 1. The van der Waals surface area contributed by atoms with Gasteiger partial charge < -0.3 is 10.1 Å². The fourth-order valence-electron chi connectivity index (χ4n) is 1.92. The lowest BCUT2D eigenvalue weighted by Gasteiger charge is -2.15. The second-order valence-electron chi connectivity index (χ2n) is 4.53. The zero-order valence-electron chi connectivity index (χ0n) is 11.9. The Morgan fingerprint density at radius 3 is 2.81 bits per heavy atom. The standard InChI is InChI=1S/C15H17N3O3/c1-3-21-14-6-4-5-12(9-14)11(2)17-15-8-7-13(10-16-15)18(19)20/h4-11H,3H2,1-2H3,(H,16,17). The maximum absolute atomic E-state index is 10.6. The molecule has 1 unspecified atom stereocenters. The van der Waals surface area contributed by atoms with Crippen molar-refractivity contribution in [2.75, 3.05) is 11.9 Å². The molecule has 1 aromatic heterocycles. The van der Waals surface area contributed by atoms with Gasteiger partial charge in [0.05, 0.1) is 17.6 Å². The number of hydrogen-bond acceptors (Lipinski definition) is 5. The lowest BCUT2D eigenvalue weighted by atomic mass is 10.1. The monoisotopic (exact) mass is 287 g/mol. The Balaban J connectivity index is 2.08. The lowest BCUT2D eigenvalue weighted by Crippen LogP contribution is -2.08. The molecule has 110 valence electrons. The van der Waals surface area contributed by atoms with Crippen LogP contribution in [0.5, 0.6) is 5.75 Å². The van der Waals surface area contributed by atoms with Gasteiger partial charge in [0.25, 0.3) is 5.69 Å². The van der Waals surface area contributed by atoms with Crippen molar-refractivity contribution in [2.45, 2.75) is 19.9 Å². The van der Waals surface area contributed by atoms with E-state index in [1.54, 1.807) is 6.07 Å². The van der Waals surface area contributed by atoms with E-state index in [0.717, 1.165) is 11.3 Å². The summed E-state index contributed by atoms with van der Waals surface area (Å²) in [5, 5.41) is 13.8. The molecule has 2 rings (SSSR count). The molecule has 6 heteroatoms. The predicted molar refractivity (Wildman–Crippen MR) is 80.5 cm³/mol. The molecular formula is C15H17N3O3. The second-order valence-corrected chi connectivity index (χ2v) is 4.53. The first kappa shape index (κ1) is 14.8. The van der Waals surface area contributed by atoms with Crippen LogP contribution in [0.4, 0.5) is 11.5 Å². The number of anilines is 1. The average Bonchev–Trinajstić information content (AvgIpc) is 2.48. The summed E-state index contributed by atoms with van der Waals surface area (Å²) in [6.07, 6.45) is 1.24. The molecule has 21 heavy (non-hydrogen) atoms. The number of benzene rings is 1. The van der Waals surface area contributed by atoms with Gasteiger partial charge >= 0.3 is 0 Å². The molecular weight excluding hydrogens is 270 g/mol. The highest BCUT2D eigenvalue weighted by molar-refractivity contribution is 5.43. The highest BCUT2D eigenvalue weighted by Crippen LogP contribution is 2.22. The molecule has 1 atom stereocenters. The Hall–Kier alpha value is -2.63. The number of nitrogens with zero attached hydrogens (tertiary/aromatic N) is 2. The van der Waals surface area contributed by atoms with Crippen LogP contribution in [-0.4, -0.2) is 16.5 Å². The molecule has 1 N–H and O–H groups in total. The van der Waals surface area contributed by atoms with Crippen LogP contribution in [0.15, 0.2) is 42.6 Å². The lowest BCUT2D eigenvalue weighted by molar-refractivity contribution is -0.385. The largest absolute Gasteiger partial charge is 0.494 e. The third-order valence-corrected chi connectivity index (χ3v) is 2.99. The van der Waals surface area contributed by atoms with E-state index in [1.165, 1.54) is 12.3 Å². The summed E-state index contributed by atoms with van der Waals surface area (Å²) >= 11 is 0. The summed E-state index contributed by atoms with van der Waals surface area (Å²) in [6.45, 7) is 4.55. The number of hydrogen-bond donors (Lipinski definition) is 1. The van der Waals surface area contributed by atoms with Gasteiger partial charge in [0.2, 0.25) is 0 Å². The van der Waals surface area contributed by atoms with Crippen LogP contribution >= 0.6 is 0 Å². The van der Waals surface area contributed by atoms with Crippen LogP contribution in [-0.2, 0) is 0 Å². The molecule has 1 aromatic carbocycles. The van der Waals surface area contributed by atoms with Crippen molar-refractivity contribution in [3.63, 3.8) is 0 Å². The van der Waals surface area contributed by atoms with Crippen LogP contribution in [0.1, 0.15) is 25.5 Å². The van der Waals surface area contributed by atoms with Crippen molar-refractivity contribution in [1.82, 2.24) is 4.98 Å². The Bertz CT molecular complexity index is 614. The highest BCUT2D eigenvalue weighted by Gasteiger charge is 2.09. The van der Waals surface area contributed by atoms with E-state index in [2.05, 4.69) is 10.3 Å². The van der Waals surface area contributed by atoms with Gasteiger partial charge in [-0.2, -0.15) is 0 Å². The van der Waals surface area contributed by atoms with Crippen LogP contribution in [0.3, 0.4) is 0 Å². The van der Waals surface area contributed by atoms with Crippen LogP contribution < -0.4 is 10.1 Å². The van der Waals surface area contributed by atoms with E-state index in [1.807, 2.05) is 38.1 Å². The number of nitro groups is 1. The van der Waals surface area contributed by atoms with Crippen molar-refractivity contribution >= 4 is 11.5 Å². The van der Waals surface area contributed by atoms with E-state index in [4.69, 9.17) is 4.74 Å². The van der Waals surface area contributed by atoms with Crippen LogP contribution in [0.25, 0.3) is 0 Å². The molecule has 0 saturated heterocycles. The first-order chi connectivity index (χ1) is 10.1. The van der Waals surface area contributed by atoms with Crippen molar-refractivity contribution < 1.29 is 9.66 Å². The maximum atomic E-state index is 10.6. The van der Waals surface area contributed by atoms with Crippen molar-refractivity contribution in [2.24, 2.45) is 0 Å². The predicted octanol–water partition coefficient (Wildman–Crippen LogP) is 3.56. The molecule has 0 spiro atoms. The highest BCUT2D eigenvalue weighted by atomic mass is 16.6. The van der Waals surface area contributed by atoms with Crippen LogP contribution in [0, 0.1) is 10.1 Å². The molecule has 2 aromatic rings. The number of ether oxygens (including phenoxy) is 1. The van der Waals surface area contributed by atoms with Crippen LogP contribution in [0.2, 0.25) is 0 Å². The Labute approximate surface area is 122 Å². The average molecular weight is 287 g/mol. The van der Waals surface area contributed by atoms with Gasteiger partial charge in [0, 0.05) is 6.07 Å². The molecule has 0 amide bonds. The summed E-state index contributed by atoms with van der Waals surface area (Å²) in [6, 6.07) is 10.8. The first-order valence-electron chi connectivity index (χ1n) is 6.70. The van der Waals surface area contributed by atoms with Gasteiger partial charge in [0.15, 0.2) is 0 Å². The minimum Gasteiger partial charge on any atom is -0.494 e. The third kappa shape index (κ3) is 3.92. The molecule has 0 saturated carbocycles. The van der Waals surface area contributed by atoms with Crippen molar-refractivity contribution in [3.05, 3.63) is 58.3 Å². The zero-order valence-corrected chi connectivity index (χ0v) is 11.9. The van der Waals surface area contributed by atoms with Gasteiger partial charge in [-0.1, -0.05) is 12.1 Å². The Morgan fingerprint density at radius 1 is 1.38 bits per heavy atom. The molecule has 0 bridgehead atoms. The quantitative estimate of drug-likeness (QED) is 0.649. The summed E-state index contributed by atoms with van der Waals surface area (Å²) in [7, 11) is 0. The molecule has 0 radical (unpaired) electrons. The number of rotatable bonds is 6. The van der Waals surface area contributed by atoms with Gasteiger partial charge in [-0.15, -0.1) is 0 Å². The minimum atomic E-state index is -0.466. The van der Waals surface area contributed by atoms with E-state index in [0.29, 0.717) is 12.4 Å². The summed E-state index contributed by atoms with van der Waals surface area (Å²) in [4.78, 5) is 14.2. The Morgan fingerprint density at radius 2 is 2.19 bits per heavy atom. The van der Waals surface area contributed by atoms with Crippen molar-refractivity contribution in [3.8, 4) is 5.75 Å². The summed E-state index contributed by atoms with van der Waals surface area (Å²) in [5.41, 5.74) is 1.03. The normalized spacial score (nSPS) is 11.7. The van der Waals surface area contributed by atoms with Gasteiger partial charge in [-0.05, 0) is 37.6 Å². The Kier molecular flexibility index (Phi) is 4.71. The third-order valence-electron chi connectivity index (χ3n) is 2.99. The minimum absolute atomic E-state index is 0.0133. The fourth-order valence-corrected chi connectivity index (χ4v) is 1.92. The molecule has 0 aliphatic heterocycles. The topological polar surface area (TPSA) is 77.3 Å². The van der Waals surface area contributed by atoms with Gasteiger partial charge in [-0.25, -0.2) is 4.98 Å². The zero-order chi connectivity index (χ0) is 15.2. The molecule has 0 fully saturated rings. The SMILES string of the molecule is CCOc1cccc(C(C)Nc2ccc([N+](=O)[O-])cn2)c1. The van der Waals surface area contributed by atoms with E-state index in [9.17, 15) is 10.1 Å². The smallest absolute Gasteiger partial charge is 0.287 e.